The van der Waals surface area contributed by atoms with Crippen LogP contribution in [0.2, 0.25) is 0 Å². The molecule has 0 unspecified atom stereocenters. The minimum atomic E-state index is -0.366. The van der Waals surface area contributed by atoms with Gasteiger partial charge >= 0.3 is 0 Å². The number of anilines is 1. The smallest absolute Gasteiger partial charge is 0.227 e. The normalized spacial score (nSPS) is 20.9. The van der Waals surface area contributed by atoms with Crippen LogP contribution in [0.5, 0.6) is 5.75 Å². The number of nitrogens with one attached hydrogen (secondary N) is 2. The molecule has 0 saturated carbocycles. The Bertz CT molecular complexity index is 499. The van der Waals surface area contributed by atoms with Crippen LogP contribution in [0.15, 0.2) is 18.2 Å². The number of carbonyl (C=O) groups is 1. The number of piperidine rings is 1. The molecule has 22 heavy (non-hydrogen) atoms. The number of amides is 1. The van der Waals surface area contributed by atoms with E-state index in [0.29, 0.717) is 24.1 Å². The van der Waals surface area contributed by atoms with E-state index in [0.717, 1.165) is 25.8 Å². The minimum absolute atomic E-state index is 0. The van der Waals surface area contributed by atoms with Crippen molar-refractivity contribution in [2.45, 2.75) is 39.2 Å². The van der Waals surface area contributed by atoms with Crippen LogP contribution in [0.1, 0.15) is 33.1 Å². The monoisotopic (exact) mass is 330 g/mol. The summed E-state index contributed by atoms with van der Waals surface area (Å²) in [6.07, 6.45) is 2.47. The predicted molar refractivity (Wildman–Crippen MR) is 88.3 cm³/mol. The first-order chi connectivity index (χ1) is 10.1. The van der Waals surface area contributed by atoms with Gasteiger partial charge in [-0.05, 0) is 44.9 Å². The molecule has 0 spiro atoms. The summed E-state index contributed by atoms with van der Waals surface area (Å²) in [6.45, 7) is 5.40. The van der Waals surface area contributed by atoms with Crippen LogP contribution >= 0.6 is 12.4 Å². The van der Waals surface area contributed by atoms with Gasteiger partial charge in [0.1, 0.15) is 11.6 Å². The van der Waals surface area contributed by atoms with Crippen molar-refractivity contribution in [3.8, 4) is 5.75 Å². The second kappa shape index (κ2) is 8.96. The molecule has 124 valence electrons. The summed E-state index contributed by atoms with van der Waals surface area (Å²) in [5, 5.41) is 6.20. The molecule has 2 atom stereocenters. The van der Waals surface area contributed by atoms with Gasteiger partial charge in [0, 0.05) is 18.0 Å². The lowest BCUT2D eigenvalue weighted by Gasteiger charge is -2.27. The van der Waals surface area contributed by atoms with E-state index >= 15 is 0 Å². The van der Waals surface area contributed by atoms with Crippen molar-refractivity contribution in [1.82, 2.24) is 5.32 Å². The molecule has 0 aliphatic carbocycles. The van der Waals surface area contributed by atoms with E-state index in [4.69, 9.17) is 4.74 Å². The van der Waals surface area contributed by atoms with Gasteiger partial charge in [0.15, 0.2) is 0 Å². The zero-order chi connectivity index (χ0) is 15.2. The maximum atomic E-state index is 13.3. The second-order valence-electron chi connectivity index (χ2n) is 5.55. The van der Waals surface area contributed by atoms with Crippen LogP contribution in [-0.4, -0.2) is 25.1 Å². The van der Waals surface area contributed by atoms with Gasteiger partial charge in [-0.1, -0.05) is 6.92 Å². The number of ether oxygens (including phenoxy) is 1. The largest absolute Gasteiger partial charge is 0.491 e. The van der Waals surface area contributed by atoms with Gasteiger partial charge in [-0.3, -0.25) is 4.79 Å². The highest BCUT2D eigenvalue weighted by molar-refractivity contribution is 5.94. The maximum absolute atomic E-state index is 13.3. The topological polar surface area (TPSA) is 50.4 Å². The molecule has 1 amide bonds. The van der Waals surface area contributed by atoms with Gasteiger partial charge in [0.05, 0.1) is 12.3 Å². The summed E-state index contributed by atoms with van der Waals surface area (Å²) in [4.78, 5) is 12.3. The van der Waals surface area contributed by atoms with Crippen molar-refractivity contribution >= 4 is 24.0 Å². The van der Waals surface area contributed by atoms with Crippen molar-refractivity contribution < 1.29 is 13.9 Å². The van der Waals surface area contributed by atoms with Gasteiger partial charge in [0.25, 0.3) is 0 Å². The van der Waals surface area contributed by atoms with E-state index in [1.165, 1.54) is 12.1 Å². The molecule has 1 saturated heterocycles. The Hall–Kier alpha value is -1.33. The molecule has 0 aromatic heterocycles. The lowest BCUT2D eigenvalue weighted by atomic mass is 9.92. The molecule has 0 radical (unpaired) electrons. The maximum Gasteiger partial charge on any atom is 0.227 e. The molecule has 1 aliphatic rings. The molecule has 1 aromatic rings. The first-order valence-corrected chi connectivity index (χ1v) is 7.56. The third-order valence-electron chi connectivity index (χ3n) is 3.66. The van der Waals surface area contributed by atoms with Crippen molar-refractivity contribution in [3.63, 3.8) is 0 Å². The highest BCUT2D eigenvalue weighted by Crippen LogP contribution is 2.27. The summed E-state index contributed by atoms with van der Waals surface area (Å²) in [7, 11) is 0. The van der Waals surface area contributed by atoms with Gasteiger partial charge < -0.3 is 15.4 Å². The van der Waals surface area contributed by atoms with E-state index in [9.17, 15) is 9.18 Å². The summed E-state index contributed by atoms with van der Waals surface area (Å²) >= 11 is 0. The Balaban J connectivity index is 0.00000242. The Morgan fingerprint density at radius 3 is 2.95 bits per heavy atom. The van der Waals surface area contributed by atoms with Crippen LogP contribution in [0.25, 0.3) is 0 Å². The number of carbonyl (C=O) groups excluding carboxylic acids is 1. The quantitative estimate of drug-likeness (QED) is 0.870. The summed E-state index contributed by atoms with van der Waals surface area (Å²) in [6, 6.07) is 4.55. The van der Waals surface area contributed by atoms with Crippen molar-refractivity contribution in [3.05, 3.63) is 24.0 Å². The van der Waals surface area contributed by atoms with Gasteiger partial charge in [0.2, 0.25) is 5.91 Å². The van der Waals surface area contributed by atoms with Crippen molar-refractivity contribution in [1.29, 1.82) is 0 Å². The van der Waals surface area contributed by atoms with E-state index in [1.807, 2.05) is 6.92 Å². The van der Waals surface area contributed by atoms with Gasteiger partial charge in [-0.15, -0.1) is 12.4 Å². The van der Waals surface area contributed by atoms with Crippen LogP contribution in [0.4, 0.5) is 10.1 Å². The van der Waals surface area contributed by atoms with Crippen molar-refractivity contribution in [2.24, 2.45) is 5.92 Å². The summed E-state index contributed by atoms with van der Waals surface area (Å²) in [5.41, 5.74) is 0.543. The van der Waals surface area contributed by atoms with Crippen LogP contribution < -0.4 is 15.4 Å². The van der Waals surface area contributed by atoms with Crippen LogP contribution in [-0.2, 0) is 4.79 Å². The predicted octanol–water partition coefficient (Wildman–Crippen LogP) is 3.36. The number of halogens is 2. The standard InChI is InChI=1S/C16H23FN2O2.ClH/c1-3-8-21-15-10-13(17)4-5-14(15)19-16(20)12-6-7-18-11(2)9-12;/h4-5,10-12,18H,3,6-9H2,1-2H3,(H,19,20);1H/t11-,12-;/m0./s1. The molecule has 0 bridgehead atoms. The van der Waals surface area contributed by atoms with Gasteiger partial charge in [-0.25, -0.2) is 4.39 Å². The number of hydrogen-bond acceptors (Lipinski definition) is 3. The third kappa shape index (κ3) is 5.14. The molecule has 1 heterocycles. The molecule has 1 fully saturated rings. The molecule has 2 N–H and O–H groups in total. The fourth-order valence-electron chi connectivity index (χ4n) is 2.54. The van der Waals surface area contributed by atoms with Gasteiger partial charge in [-0.2, -0.15) is 0 Å². The third-order valence-corrected chi connectivity index (χ3v) is 3.66. The average Bonchev–Trinajstić information content (AvgIpc) is 2.47. The fourth-order valence-corrected chi connectivity index (χ4v) is 2.54. The lowest BCUT2D eigenvalue weighted by molar-refractivity contribution is -0.120. The lowest BCUT2D eigenvalue weighted by Crippen LogP contribution is -2.40. The SMILES string of the molecule is CCCOc1cc(F)ccc1NC(=O)[C@H]1CCN[C@@H](C)C1.Cl. The molecular formula is C16H24ClFN2O2. The first-order valence-electron chi connectivity index (χ1n) is 7.56. The zero-order valence-corrected chi connectivity index (χ0v) is 13.8. The van der Waals surface area contributed by atoms with Crippen LogP contribution in [0.3, 0.4) is 0 Å². The van der Waals surface area contributed by atoms with E-state index in [1.54, 1.807) is 6.07 Å². The van der Waals surface area contributed by atoms with E-state index < -0.39 is 0 Å². The summed E-state index contributed by atoms with van der Waals surface area (Å²) < 4.78 is 18.8. The van der Waals surface area contributed by atoms with Crippen molar-refractivity contribution in [2.75, 3.05) is 18.5 Å². The minimum Gasteiger partial charge on any atom is -0.491 e. The molecule has 4 nitrogen and oxygen atoms in total. The highest BCUT2D eigenvalue weighted by Gasteiger charge is 2.25. The molecule has 1 aromatic carbocycles. The number of rotatable bonds is 5. The fraction of sp³-hybridized carbons (Fsp3) is 0.562. The van der Waals surface area contributed by atoms with E-state index in [2.05, 4.69) is 17.6 Å². The molecular weight excluding hydrogens is 307 g/mol. The molecule has 2 rings (SSSR count). The average molecular weight is 331 g/mol. The molecule has 1 aliphatic heterocycles. The zero-order valence-electron chi connectivity index (χ0n) is 13.0. The van der Waals surface area contributed by atoms with Crippen LogP contribution in [0, 0.1) is 11.7 Å². The van der Waals surface area contributed by atoms with E-state index in [-0.39, 0.29) is 30.0 Å². The Morgan fingerprint density at radius 2 is 2.27 bits per heavy atom. The number of hydrogen-bond donors (Lipinski definition) is 2. The molecule has 6 heteroatoms. The number of benzene rings is 1. The Morgan fingerprint density at radius 1 is 1.50 bits per heavy atom. The Kier molecular flexibility index (Phi) is 7.62. The Labute approximate surface area is 137 Å². The second-order valence-corrected chi connectivity index (χ2v) is 5.55. The highest BCUT2D eigenvalue weighted by atomic mass is 35.5. The summed E-state index contributed by atoms with van der Waals surface area (Å²) in [5.74, 6) is 0.00316. The first kappa shape index (κ1) is 18.7.